The molecular formula is C8H12BrNOS2. The van der Waals surface area contributed by atoms with Crippen LogP contribution in [0.5, 0.6) is 0 Å². The molecule has 0 amide bonds. The molecule has 5 heteroatoms. The first kappa shape index (κ1) is 11.5. The molecule has 0 atom stereocenters. The molecule has 0 fully saturated rings. The summed E-state index contributed by atoms with van der Waals surface area (Å²) >= 11 is 7.01. The third kappa shape index (κ3) is 3.23. The average molecular weight is 282 g/mol. The predicted molar refractivity (Wildman–Crippen MR) is 62.7 cm³/mol. The Morgan fingerprint density at radius 3 is 2.92 bits per heavy atom. The summed E-state index contributed by atoms with van der Waals surface area (Å²) in [5.74, 6) is 0.994. The summed E-state index contributed by atoms with van der Waals surface area (Å²) < 4.78 is 5.08. The number of ether oxygens (including phenoxy) is 1. The van der Waals surface area contributed by atoms with Gasteiger partial charge in [0.05, 0.1) is 12.3 Å². The van der Waals surface area contributed by atoms with E-state index in [0.717, 1.165) is 16.8 Å². The highest BCUT2D eigenvalue weighted by atomic mass is 79.9. The molecule has 1 heterocycles. The van der Waals surface area contributed by atoms with E-state index in [2.05, 4.69) is 27.2 Å². The molecule has 0 saturated carbocycles. The summed E-state index contributed by atoms with van der Waals surface area (Å²) in [6.45, 7) is 0.617. The van der Waals surface area contributed by atoms with Crippen molar-refractivity contribution >= 4 is 39.0 Å². The SMILES string of the molecule is COCc1nc(CSC)sc1CBr. The standard InChI is InChI=1S/C8H12BrNOS2/c1-11-4-6-7(3-9)13-8(10-6)5-12-2/h3-5H2,1-2H3. The Bertz CT molecular complexity index is 265. The van der Waals surface area contributed by atoms with Crippen molar-refractivity contribution in [1.29, 1.82) is 0 Å². The van der Waals surface area contributed by atoms with Crippen LogP contribution in [0.15, 0.2) is 0 Å². The van der Waals surface area contributed by atoms with Crippen molar-refractivity contribution in [3.63, 3.8) is 0 Å². The van der Waals surface area contributed by atoms with Gasteiger partial charge in [-0.3, -0.25) is 0 Å². The van der Waals surface area contributed by atoms with Gasteiger partial charge < -0.3 is 4.74 Å². The maximum absolute atomic E-state index is 5.08. The summed E-state index contributed by atoms with van der Waals surface area (Å²) in [6.07, 6.45) is 2.09. The minimum Gasteiger partial charge on any atom is -0.378 e. The lowest BCUT2D eigenvalue weighted by Crippen LogP contribution is -1.91. The zero-order chi connectivity index (χ0) is 9.68. The normalized spacial score (nSPS) is 10.7. The van der Waals surface area contributed by atoms with Crippen LogP contribution >= 0.6 is 39.0 Å². The van der Waals surface area contributed by atoms with Crippen LogP contribution in [0.1, 0.15) is 15.6 Å². The second-order valence-corrected chi connectivity index (χ2v) is 5.07. The van der Waals surface area contributed by atoms with Gasteiger partial charge in [-0.25, -0.2) is 4.98 Å². The van der Waals surface area contributed by atoms with Crippen molar-refractivity contribution in [2.24, 2.45) is 0 Å². The topological polar surface area (TPSA) is 22.1 Å². The van der Waals surface area contributed by atoms with E-state index in [0.29, 0.717) is 6.61 Å². The fourth-order valence-electron chi connectivity index (χ4n) is 0.976. The summed E-state index contributed by atoms with van der Waals surface area (Å²) in [5, 5.41) is 2.06. The molecule has 0 saturated heterocycles. The molecule has 1 aromatic rings. The highest BCUT2D eigenvalue weighted by Crippen LogP contribution is 2.24. The van der Waals surface area contributed by atoms with E-state index in [-0.39, 0.29) is 0 Å². The first-order valence-electron chi connectivity index (χ1n) is 3.83. The van der Waals surface area contributed by atoms with Crippen LogP contribution in [0.25, 0.3) is 0 Å². The first-order chi connectivity index (χ1) is 6.31. The van der Waals surface area contributed by atoms with Gasteiger partial charge in [-0.05, 0) is 6.26 Å². The predicted octanol–water partition coefficient (Wildman–Crippen LogP) is 3.05. The Morgan fingerprint density at radius 1 is 1.62 bits per heavy atom. The van der Waals surface area contributed by atoms with Crippen LogP contribution in [0.3, 0.4) is 0 Å². The van der Waals surface area contributed by atoms with Crippen LogP contribution in [0.2, 0.25) is 0 Å². The Balaban J connectivity index is 2.77. The lowest BCUT2D eigenvalue weighted by Gasteiger charge is -1.95. The van der Waals surface area contributed by atoms with Gasteiger partial charge in [0.15, 0.2) is 0 Å². The van der Waals surface area contributed by atoms with E-state index in [4.69, 9.17) is 4.74 Å². The summed E-state index contributed by atoms with van der Waals surface area (Å²) in [7, 11) is 1.70. The largest absolute Gasteiger partial charge is 0.378 e. The van der Waals surface area contributed by atoms with Gasteiger partial charge in [0.25, 0.3) is 0 Å². The van der Waals surface area contributed by atoms with Crippen LogP contribution in [0.4, 0.5) is 0 Å². The minimum atomic E-state index is 0.617. The summed E-state index contributed by atoms with van der Waals surface area (Å²) in [6, 6.07) is 0. The van der Waals surface area contributed by atoms with Crippen molar-refractivity contribution in [3.8, 4) is 0 Å². The van der Waals surface area contributed by atoms with Crippen molar-refractivity contribution < 1.29 is 4.74 Å². The highest BCUT2D eigenvalue weighted by Gasteiger charge is 2.08. The summed E-state index contributed by atoms with van der Waals surface area (Å²) in [4.78, 5) is 5.79. The van der Waals surface area contributed by atoms with E-state index >= 15 is 0 Å². The monoisotopic (exact) mass is 281 g/mol. The first-order valence-corrected chi connectivity index (χ1v) is 7.16. The van der Waals surface area contributed by atoms with E-state index in [1.54, 1.807) is 30.2 Å². The Kier molecular flexibility index (Phi) is 5.31. The number of alkyl halides is 1. The molecular weight excluding hydrogens is 270 g/mol. The molecule has 13 heavy (non-hydrogen) atoms. The number of hydrogen-bond acceptors (Lipinski definition) is 4. The lowest BCUT2D eigenvalue weighted by atomic mass is 10.4. The van der Waals surface area contributed by atoms with Crippen molar-refractivity contribution in [3.05, 3.63) is 15.6 Å². The van der Waals surface area contributed by atoms with Gasteiger partial charge in [-0.1, -0.05) is 15.9 Å². The molecule has 0 aliphatic rings. The minimum absolute atomic E-state index is 0.617. The van der Waals surface area contributed by atoms with Gasteiger partial charge in [0, 0.05) is 23.1 Å². The Morgan fingerprint density at radius 2 is 2.38 bits per heavy atom. The number of methoxy groups -OCH3 is 1. The van der Waals surface area contributed by atoms with Gasteiger partial charge in [0.1, 0.15) is 5.01 Å². The van der Waals surface area contributed by atoms with Crippen molar-refractivity contribution in [2.75, 3.05) is 13.4 Å². The zero-order valence-corrected chi connectivity index (χ0v) is 10.9. The number of rotatable bonds is 5. The van der Waals surface area contributed by atoms with Gasteiger partial charge in [-0.15, -0.1) is 11.3 Å². The van der Waals surface area contributed by atoms with Crippen LogP contribution in [0, 0.1) is 0 Å². The lowest BCUT2D eigenvalue weighted by molar-refractivity contribution is 0.181. The van der Waals surface area contributed by atoms with Crippen LogP contribution < -0.4 is 0 Å². The molecule has 1 aromatic heterocycles. The molecule has 0 N–H and O–H groups in total. The van der Waals surface area contributed by atoms with Gasteiger partial charge in [0.2, 0.25) is 0 Å². The fraction of sp³-hybridized carbons (Fsp3) is 0.625. The molecule has 1 rings (SSSR count). The third-order valence-corrected chi connectivity index (χ3v) is 4.27. The highest BCUT2D eigenvalue weighted by molar-refractivity contribution is 9.08. The average Bonchev–Trinajstić information content (AvgIpc) is 2.49. The van der Waals surface area contributed by atoms with Gasteiger partial charge in [-0.2, -0.15) is 11.8 Å². The van der Waals surface area contributed by atoms with E-state index in [1.165, 1.54) is 9.88 Å². The number of halogens is 1. The van der Waals surface area contributed by atoms with Crippen LogP contribution in [-0.2, 0) is 22.4 Å². The van der Waals surface area contributed by atoms with E-state index in [1.807, 2.05) is 0 Å². The number of hydrogen-bond donors (Lipinski definition) is 0. The molecule has 0 bridgehead atoms. The van der Waals surface area contributed by atoms with E-state index in [9.17, 15) is 0 Å². The second kappa shape index (κ2) is 6.01. The number of nitrogens with zero attached hydrogens (tertiary/aromatic N) is 1. The van der Waals surface area contributed by atoms with Crippen molar-refractivity contribution in [1.82, 2.24) is 4.98 Å². The molecule has 0 aliphatic carbocycles. The maximum atomic E-state index is 5.08. The number of thiazole rings is 1. The maximum Gasteiger partial charge on any atom is 0.103 e. The van der Waals surface area contributed by atoms with E-state index < -0.39 is 0 Å². The zero-order valence-electron chi connectivity index (χ0n) is 7.67. The van der Waals surface area contributed by atoms with Crippen molar-refractivity contribution in [2.45, 2.75) is 17.7 Å². The fourth-order valence-corrected chi connectivity index (χ4v) is 3.26. The molecule has 2 nitrogen and oxygen atoms in total. The number of aromatic nitrogens is 1. The molecule has 0 aliphatic heterocycles. The molecule has 0 spiro atoms. The number of thioether (sulfide) groups is 1. The Labute approximate surface area is 95.2 Å². The summed E-state index contributed by atoms with van der Waals surface area (Å²) in [5.41, 5.74) is 1.08. The Hall–Kier alpha value is 0.420. The molecule has 0 radical (unpaired) electrons. The third-order valence-electron chi connectivity index (χ3n) is 1.49. The van der Waals surface area contributed by atoms with Gasteiger partial charge >= 0.3 is 0 Å². The molecule has 0 aromatic carbocycles. The van der Waals surface area contributed by atoms with Crippen LogP contribution in [-0.4, -0.2) is 18.3 Å². The smallest absolute Gasteiger partial charge is 0.103 e. The second-order valence-electron chi connectivity index (χ2n) is 2.48. The quantitative estimate of drug-likeness (QED) is 0.775. The molecule has 0 unspecified atom stereocenters. The molecule has 74 valence electrons.